The number of amides is 1. The smallest absolute Gasteiger partial charge is 0.331 e. The van der Waals surface area contributed by atoms with Gasteiger partial charge in [-0.05, 0) is 5.92 Å². The molecule has 0 radical (unpaired) electrons. The summed E-state index contributed by atoms with van der Waals surface area (Å²) in [6.07, 6.45) is 1.98. The molecule has 0 saturated heterocycles. The van der Waals surface area contributed by atoms with E-state index in [4.69, 9.17) is 4.74 Å². The van der Waals surface area contributed by atoms with E-state index in [1.165, 1.54) is 7.11 Å². The number of nitrogens with one attached hydrogen (secondary N) is 1. The topological polar surface area (TPSA) is 81.7 Å². The number of ether oxygens (including phenoxy) is 2. The van der Waals surface area contributed by atoms with Crippen LogP contribution >= 0.6 is 0 Å². The zero-order valence-corrected chi connectivity index (χ0v) is 12.6. The summed E-state index contributed by atoms with van der Waals surface area (Å²) in [5, 5.41) is 2.82. The molecule has 0 aromatic heterocycles. The van der Waals surface area contributed by atoms with Crippen molar-refractivity contribution in [3.05, 3.63) is 12.2 Å². The van der Waals surface area contributed by atoms with Crippen molar-refractivity contribution in [1.82, 2.24) is 5.32 Å². The van der Waals surface area contributed by atoms with E-state index in [9.17, 15) is 14.4 Å². The minimum Gasteiger partial charge on any atom is -0.466 e. The summed E-state index contributed by atoms with van der Waals surface area (Å²) in [6.45, 7) is 7.48. The summed E-state index contributed by atoms with van der Waals surface area (Å²) in [6, 6.07) is -0.264. The fourth-order valence-corrected chi connectivity index (χ4v) is 1.17. The molecule has 0 aliphatic heterocycles. The van der Waals surface area contributed by atoms with Gasteiger partial charge in [0.2, 0.25) is 5.91 Å². The van der Waals surface area contributed by atoms with E-state index >= 15 is 0 Å². The molecular weight excluding hydrogens is 262 g/mol. The van der Waals surface area contributed by atoms with E-state index in [-0.39, 0.29) is 30.4 Å². The van der Waals surface area contributed by atoms with Gasteiger partial charge in [0.25, 0.3) is 0 Å². The lowest BCUT2D eigenvalue weighted by molar-refractivity contribution is -0.141. The van der Waals surface area contributed by atoms with Gasteiger partial charge in [-0.15, -0.1) is 0 Å². The summed E-state index contributed by atoms with van der Waals surface area (Å²) < 4.78 is 9.35. The maximum atomic E-state index is 11.6. The number of rotatable bonds is 7. The van der Waals surface area contributed by atoms with Gasteiger partial charge < -0.3 is 14.8 Å². The Labute approximate surface area is 119 Å². The molecule has 0 aromatic rings. The van der Waals surface area contributed by atoms with Crippen molar-refractivity contribution in [3.8, 4) is 0 Å². The summed E-state index contributed by atoms with van der Waals surface area (Å²) >= 11 is 0. The molecular formula is C14H23NO5. The number of carbonyl (C=O) groups is 3. The Morgan fingerprint density at radius 2 is 1.60 bits per heavy atom. The third kappa shape index (κ3) is 7.56. The molecule has 1 N–H and O–H groups in total. The molecule has 6 nitrogen and oxygen atoms in total. The fraction of sp³-hybridized carbons (Fsp3) is 0.643. The Morgan fingerprint density at radius 1 is 1.05 bits per heavy atom. The van der Waals surface area contributed by atoms with E-state index in [0.29, 0.717) is 0 Å². The minimum absolute atomic E-state index is 0.0560. The summed E-state index contributed by atoms with van der Waals surface area (Å²) in [5.41, 5.74) is 0. The maximum Gasteiger partial charge on any atom is 0.331 e. The zero-order valence-electron chi connectivity index (χ0n) is 12.6. The quantitative estimate of drug-likeness (QED) is 0.558. The van der Waals surface area contributed by atoms with Crippen molar-refractivity contribution >= 4 is 17.8 Å². The van der Waals surface area contributed by atoms with Gasteiger partial charge in [0, 0.05) is 18.1 Å². The van der Waals surface area contributed by atoms with Crippen LogP contribution in [-0.4, -0.2) is 37.6 Å². The first-order chi connectivity index (χ1) is 9.27. The van der Waals surface area contributed by atoms with Crippen LogP contribution in [0, 0.1) is 11.8 Å². The zero-order chi connectivity index (χ0) is 15.7. The monoisotopic (exact) mass is 285 g/mol. The molecule has 6 heteroatoms. The molecule has 0 fully saturated rings. The summed E-state index contributed by atoms with van der Waals surface area (Å²) in [4.78, 5) is 33.8. The number of methoxy groups -OCH3 is 1. The summed E-state index contributed by atoms with van der Waals surface area (Å²) in [7, 11) is 1.22. The van der Waals surface area contributed by atoms with Crippen LogP contribution in [0.5, 0.6) is 0 Å². The standard InChI is InChI=1S/C14H23NO5/c1-9(2)11(15-14(18)10(3)4)8-20-13(17)7-6-12(16)19-5/h6-7,9-11H,8H2,1-5H3,(H,15,18)/b7-6+. The van der Waals surface area contributed by atoms with Crippen molar-refractivity contribution in [3.63, 3.8) is 0 Å². The maximum absolute atomic E-state index is 11.6. The lowest BCUT2D eigenvalue weighted by Gasteiger charge is -2.22. The molecule has 1 unspecified atom stereocenters. The van der Waals surface area contributed by atoms with E-state index in [0.717, 1.165) is 12.2 Å². The Bertz CT molecular complexity index is 374. The van der Waals surface area contributed by atoms with Crippen molar-refractivity contribution in [1.29, 1.82) is 0 Å². The van der Waals surface area contributed by atoms with Gasteiger partial charge >= 0.3 is 11.9 Å². The van der Waals surface area contributed by atoms with Crippen LogP contribution in [0.3, 0.4) is 0 Å². The minimum atomic E-state index is -0.653. The van der Waals surface area contributed by atoms with Crippen molar-refractivity contribution in [2.45, 2.75) is 33.7 Å². The predicted octanol–water partition coefficient (Wildman–Crippen LogP) is 1.06. The Kier molecular flexibility index (Phi) is 8.27. The van der Waals surface area contributed by atoms with Crippen LogP contribution in [0.2, 0.25) is 0 Å². The van der Waals surface area contributed by atoms with E-state index in [1.807, 2.05) is 13.8 Å². The van der Waals surface area contributed by atoms with E-state index < -0.39 is 11.9 Å². The number of esters is 2. The first-order valence-corrected chi connectivity index (χ1v) is 6.51. The first-order valence-electron chi connectivity index (χ1n) is 6.51. The fourth-order valence-electron chi connectivity index (χ4n) is 1.17. The lowest BCUT2D eigenvalue weighted by atomic mass is 10.0. The van der Waals surface area contributed by atoms with Gasteiger partial charge in [-0.1, -0.05) is 27.7 Å². The lowest BCUT2D eigenvalue weighted by Crippen LogP contribution is -2.44. The average Bonchev–Trinajstić information content (AvgIpc) is 2.39. The van der Waals surface area contributed by atoms with E-state index in [2.05, 4.69) is 10.1 Å². The van der Waals surface area contributed by atoms with Crippen LogP contribution in [0.15, 0.2) is 12.2 Å². The highest BCUT2D eigenvalue weighted by molar-refractivity contribution is 5.91. The molecule has 1 amide bonds. The van der Waals surface area contributed by atoms with Crippen LogP contribution in [0.4, 0.5) is 0 Å². The van der Waals surface area contributed by atoms with Crippen molar-refractivity contribution in [2.24, 2.45) is 11.8 Å². The van der Waals surface area contributed by atoms with Crippen LogP contribution in [-0.2, 0) is 23.9 Å². The number of carbonyl (C=O) groups excluding carboxylic acids is 3. The van der Waals surface area contributed by atoms with Gasteiger partial charge in [-0.3, -0.25) is 4.79 Å². The Hall–Kier alpha value is -1.85. The Balaban J connectivity index is 4.34. The third-order valence-corrected chi connectivity index (χ3v) is 2.62. The molecule has 114 valence electrons. The van der Waals surface area contributed by atoms with Crippen molar-refractivity contribution in [2.75, 3.05) is 13.7 Å². The molecule has 0 aliphatic rings. The number of hydrogen-bond donors (Lipinski definition) is 1. The Morgan fingerprint density at radius 3 is 2.05 bits per heavy atom. The summed E-state index contributed by atoms with van der Waals surface area (Å²) in [5.74, 6) is -1.39. The van der Waals surface area contributed by atoms with Gasteiger partial charge in [0.1, 0.15) is 6.61 Å². The highest BCUT2D eigenvalue weighted by Crippen LogP contribution is 2.04. The third-order valence-electron chi connectivity index (χ3n) is 2.62. The van der Waals surface area contributed by atoms with Crippen molar-refractivity contribution < 1.29 is 23.9 Å². The molecule has 0 saturated carbocycles. The molecule has 1 atom stereocenters. The van der Waals surface area contributed by atoms with E-state index in [1.54, 1.807) is 13.8 Å². The molecule has 0 spiro atoms. The molecule has 0 aliphatic carbocycles. The average molecular weight is 285 g/mol. The second kappa shape index (κ2) is 9.12. The molecule has 0 rings (SSSR count). The van der Waals surface area contributed by atoms with Crippen LogP contribution in [0.25, 0.3) is 0 Å². The van der Waals surface area contributed by atoms with Gasteiger partial charge in [0.15, 0.2) is 0 Å². The SMILES string of the molecule is COC(=O)/C=C/C(=O)OCC(NC(=O)C(C)C)C(C)C. The molecule has 0 bridgehead atoms. The van der Waals surface area contributed by atoms with Gasteiger partial charge in [-0.2, -0.15) is 0 Å². The second-order valence-corrected chi connectivity index (χ2v) is 5.00. The van der Waals surface area contributed by atoms with Crippen LogP contribution < -0.4 is 5.32 Å². The normalized spacial score (nSPS) is 12.6. The predicted molar refractivity (Wildman–Crippen MR) is 73.7 cm³/mol. The van der Waals surface area contributed by atoms with Gasteiger partial charge in [-0.25, -0.2) is 9.59 Å². The largest absolute Gasteiger partial charge is 0.466 e. The van der Waals surface area contributed by atoms with Gasteiger partial charge in [0.05, 0.1) is 13.2 Å². The first kappa shape index (κ1) is 18.1. The highest BCUT2D eigenvalue weighted by Gasteiger charge is 2.19. The molecule has 20 heavy (non-hydrogen) atoms. The highest BCUT2D eigenvalue weighted by atomic mass is 16.5. The van der Waals surface area contributed by atoms with Crippen LogP contribution in [0.1, 0.15) is 27.7 Å². The number of hydrogen-bond acceptors (Lipinski definition) is 5. The second-order valence-electron chi connectivity index (χ2n) is 5.00. The molecule has 0 heterocycles. The molecule has 0 aromatic carbocycles.